The Morgan fingerprint density at radius 3 is 2.52 bits per heavy atom. The van der Waals surface area contributed by atoms with Crippen LogP contribution in [0.5, 0.6) is 5.75 Å². The largest absolute Gasteiger partial charge is 0.501 e. The maximum atomic E-state index is 12.8. The zero-order chi connectivity index (χ0) is 21.3. The van der Waals surface area contributed by atoms with Gasteiger partial charge < -0.3 is 15.2 Å². The van der Waals surface area contributed by atoms with E-state index in [4.69, 9.17) is 28.3 Å². The second-order valence-electron chi connectivity index (χ2n) is 5.64. The number of aromatic hydroxyl groups is 1. The molecule has 0 atom stereocenters. The van der Waals surface area contributed by atoms with Crippen LogP contribution in [0.25, 0.3) is 11.4 Å². The Bertz CT molecular complexity index is 1290. The number of halogens is 2. The molecular formula is C17H11Cl2N3O6S. The summed E-state index contributed by atoms with van der Waals surface area (Å²) in [5.74, 6) is -2.95. The van der Waals surface area contributed by atoms with Gasteiger partial charge in [0.2, 0.25) is 5.75 Å². The molecule has 4 N–H and O–H groups in total. The summed E-state index contributed by atoms with van der Waals surface area (Å²) in [7, 11) is -4.19. The zero-order valence-corrected chi connectivity index (χ0v) is 16.5. The van der Waals surface area contributed by atoms with Crippen LogP contribution in [0.4, 0.5) is 5.69 Å². The Hall–Kier alpha value is -3.08. The van der Waals surface area contributed by atoms with Gasteiger partial charge in [-0.3, -0.25) is 9.52 Å². The molecule has 0 aliphatic heterocycles. The Balaban J connectivity index is 2.13. The Kier molecular flexibility index (Phi) is 5.51. The molecule has 3 rings (SSSR count). The summed E-state index contributed by atoms with van der Waals surface area (Å²) >= 11 is 11.8. The van der Waals surface area contributed by atoms with Crippen LogP contribution in [0.1, 0.15) is 10.5 Å². The first kappa shape index (κ1) is 20.6. The topological polar surface area (TPSA) is 149 Å². The number of carbonyl (C=O) groups is 1. The van der Waals surface area contributed by atoms with Crippen molar-refractivity contribution in [3.05, 3.63) is 68.6 Å². The Morgan fingerprint density at radius 1 is 1.14 bits per heavy atom. The van der Waals surface area contributed by atoms with Gasteiger partial charge in [-0.1, -0.05) is 35.3 Å². The van der Waals surface area contributed by atoms with Crippen LogP contribution in [0.2, 0.25) is 10.0 Å². The molecule has 0 bridgehead atoms. The molecule has 1 aromatic heterocycles. The van der Waals surface area contributed by atoms with E-state index >= 15 is 0 Å². The van der Waals surface area contributed by atoms with Crippen molar-refractivity contribution in [2.24, 2.45) is 0 Å². The summed E-state index contributed by atoms with van der Waals surface area (Å²) in [6.45, 7) is 0. The third-order valence-corrected chi connectivity index (χ3v) is 5.79. The number of carboxylic acids is 1. The van der Waals surface area contributed by atoms with Crippen LogP contribution >= 0.6 is 23.2 Å². The maximum absolute atomic E-state index is 12.8. The fraction of sp³-hybridized carbons (Fsp3) is 0. The number of para-hydroxylation sites is 1. The standard InChI is InChI=1S/C17H11Cl2N3O6S/c18-8-5-6-10(19)12(7-8)29(27,28)22-11-4-2-1-3-9(11)15-20-13(17(25)26)14(23)16(24)21-15/h1-7,22-23H,(H,25,26)(H,20,21,24). The number of aromatic nitrogens is 2. The van der Waals surface area contributed by atoms with E-state index in [0.29, 0.717) is 0 Å². The van der Waals surface area contributed by atoms with Crippen LogP contribution in [0.3, 0.4) is 0 Å². The number of nitrogens with zero attached hydrogens (tertiary/aromatic N) is 1. The lowest BCUT2D eigenvalue weighted by atomic mass is 10.1. The van der Waals surface area contributed by atoms with E-state index in [9.17, 15) is 23.1 Å². The normalized spacial score (nSPS) is 11.2. The molecule has 150 valence electrons. The van der Waals surface area contributed by atoms with Gasteiger partial charge in [0.15, 0.2) is 5.69 Å². The summed E-state index contributed by atoms with van der Waals surface area (Å²) in [5, 5.41) is 18.8. The number of aromatic amines is 1. The number of rotatable bonds is 5. The van der Waals surface area contributed by atoms with Crippen LogP contribution in [-0.2, 0) is 10.0 Å². The van der Waals surface area contributed by atoms with E-state index in [-0.39, 0.29) is 32.0 Å². The minimum atomic E-state index is -4.19. The fourth-order valence-corrected chi connectivity index (χ4v) is 4.25. The molecule has 0 amide bonds. The average Bonchev–Trinajstić information content (AvgIpc) is 2.65. The van der Waals surface area contributed by atoms with Crippen molar-refractivity contribution in [1.29, 1.82) is 0 Å². The van der Waals surface area contributed by atoms with Crippen molar-refractivity contribution in [3.63, 3.8) is 0 Å². The lowest BCUT2D eigenvalue weighted by molar-refractivity contribution is 0.0686. The highest BCUT2D eigenvalue weighted by Gasteiger charge is 2.22. The molecule has 12 heteroatoms. The summed E-state index contributed by atoms with van der Waals surface area (Å²) in [4.78, 5) is 28.7. The molecule has 1 heterocycles. The van der Waals surface area contributed by atoms with Crippen LogP contribution in [-0.4, -0.2) is 34.6 Å². The van der Waals surface area contributed by atoms with Crippen molar-refractivity contribution in [2.45, 2.75) is 4.90 Å². The second-order valence-corrected chi connectivity index (χ2v) is 8.14. The van der Waals surface area contributed by atoms with Crippen molar-refractivity contribution in [2.75, 3.05) is 4.72 Å². The van der Waals surface area contributed by atoms with Crippen LogP contribution in [0, 0.1) is 0 Å². The Morgan fingerprint density at radius 2 is 1.83 bits per heavy atom. The van der Waals surface area contributed by atoms with E-state index in [1.807, 2.05) is 0 Å². The minimum absolute atomic E-state index is 0.0197. The quantitative estimate of drug-likeness (QED) is 0.461. The third-order valence-electron chi connectivity index (χ3n) is 3.71. The second kappa shape index (κ2) is 7.74. The van der Waals surface area contributed by atoms with Gasteiger partial charge in [-0.05, 0) is 30.3 Å². The summed E-state index contributed by atoms with van der Waals surface area (Å²) in [6.07, 6.45) is 0. The van der Waals surface area contributed by atoms with E-state index in [2.05, 4.69) is 14.7 Å². The number of H-pyrrole nitrogens is 1. The predicted octanol–water partition coefficient (Wildman–Crippen LogP) is 2.95. The third kappa shape index (κ3) is 4.19. The molecule has 0 spiro atoms. The number of hydrogen-bond acceptors (Lipinski definition) is 6. The van der Waals surface area contributed by atoms with E-state index in [1.54, 1.807) is 0 Å². The smallest absolute Gasteiger partial charge is 0.358 e. The van der Waals surface area contributed by atoms with Gasteiger partial charge in [-0.2, -0.15) is 0 Å². The molecule has 2 aromatic carbocycles. The Labute approximate surface area is 173 Å². The summed E-state index contributed by atoms with van der Waals surface area (Å²) in [5.41, 5.74) is -1.93. The highest BCUT2D eigenvalue weighted by molar-refractivity contribution is 7.92. The molecule has 3 aromatic rings. The molecule has 0 radical (unpaired) electrons. The molecule has 0 saturated carbocycles. The van der Waals surface area contributed by atoms with E-state index in [1.165, 1.54) is 36.4 Å². The van der Waals surface area contributed by atoms with Crippen molar-refractivity contribution in [1.82, 2.24) is 9.97 Å². The lowest BCUT2D eigenvalue weighted by Gasteiger charge is -2.13. The molecular weight excluding hydrogens is 445 g/mol. The van der Waals surface area contributed by atoms with Crippen molar-refractivity contribution in [3.8, 4) is 17.1 Å². The SMILES string of the molecule is O=C(O)c1nc(-c2ccccc2NS(=O)(=O)c2cc(Cl)ccc2Cl)[nH]c(=O)c1O. The fourth-order valence-electron chi connectivity index (χ4n) is 2.41. The van der Waals surface area contributed by atoms with Crippen molar-refractivity contribution < 1.29 is 23.4 Å². The first-order valence-corrected chi connectivity index (χ1v) is 9.98. The molecule has 0 unspecified atom stereocenters. The minimum Gasteiger partial charge on any atom is -0.501 e. The number of benzene rings is 2. The summed E-state index contributed by atoms with van der Waals surface area (Å²) in [6, 6.07) is 9.72. The van der Waals surface area contributed by atoms with Crippen LogP contribution in [0.15, 0.2) is 52.2 Å². The van der Waals surface area contributed by atoms with Gasteiger partial charge in [0.25, 0.3) is 15.6 Å². The highest BCUT2D eigenvalue weighted by Crippen LogP contribution is 2.30. The predicted molar refractivity (Wildman–Crippen MR) is 106 cm³/mol. The van der Waals surface area contributed by atoms with E-state index in [0.717, 1.165) is 6.07 Å². The van der Waals surface area contributed by atoms with Gasteiger partial charge in [0.05, 0.1) is 10.7 Å². The molecule has 0 aliphatic carbocycles. The molecule has 0 saturated heterocycles. The molecule has 9 nitrogen and oxygen atoms in total. The lowest BCUT2D eigenvalue weighted by Crippen LogP contribution is -2.17. The van der Waals surface area contributed by atoms with Gasteiger partial charge >= 0.3 is 5.97 Å². The van der Waals surface area contributed by atoms with Gasteiger partial charge in [0, 0.05) is 10.6 Å². The monoisotopic (exact) mass is 455 g/mol. The molecule has 29 heavy (non-hydrogen) atoms. The van der Waals surface area contributed by atoms with Crippen LogP contribution < -0.4 is 10.3 Å². The first-order chi connectivity index (χ1) is 13.6. The van der Waals surface area contributed by atoms with E-state index < -0.39 is 33.0 Å². The summed E-state index contributed by atoms with van der Waals surface area (Å²) < 4.78 is 27.9. The molecule has 0 aliphatic rings. The van der Waals surface area contributed by atoms with Gasteiger partial charge in [-0.15, -0.1) is 0 Å². The molecule has 0 fully saturated rings. The number of aromatic carboxylic acids is 1. The van der Waals surface area contributed by atoms with Crippen molar-refractivity contribution >= 4 is 44.9 Å². The number of anilines is 1. The number of carboxylic acid groups (broad SMARTS) is 1. The van der Waals surface area contributed by atoms with Gasteiger partial charge in [0.1, 0.15) is 10.7 Å². The number of sulfonamides is 1. The maximum Gasteiger partial charge on any atom is 0.358 e. The first-order valence-electron chi connectivity index (χ1n) is 7.74. The van der Waals surface area contributed by atoms with Gasteiger partial charge in [-0.25, -0.2) is 18.2 Å². The number of hydrogen-bond donors (Lipinski definition) is 4. The average molecular weight is 456 g/mol. The zero-order valence-electron chi connectivity index (χ0n) is 14.2. The number of nitrogens with one attached hydrogen (secondary N) is 2. The highest BCUT2D eigenvalue weighted by atomic mass is 35.5.